The van der Waals surface area contributed by atoms with Crippen LogP contribution in [0.5, 0.6) is 5.75 Å². The van der Waals surface area contributed by atoms with Gasteiger partial charge in [-0.3, -0.25) is 0 Å². The van der Waals surface area contributed by atoms with Crippen molar-refractivity contribution in [3.8, 4) is 5.75 Å². The highest BCUT2D eigenvalue weighted by atomic mass is 32.1. The molecule has 0 amide bonds. The van der Waals surface area contributed by atoms with Crippen molar-refractivity contribution < 1.29 is 4.74 Å². The molecule has 1 unspecified atom stereocenters. The van der Waals surface area contributed by atoms with Gasteiger partial charge in [0.1, 0.15) is 17.4 Å². The second kappa shape index (κ2) is 7.41. The first-order valence-corrected chi connectivity index (χ1v) is 7.91. The Bertz CT molecular complexity index is 522. The second-order valence-corrected chi connectivity index (χ2v) is 5.97. The van der Waals surface area contributed by atoms with Crippen molar-refractivity contribution in [1.29, 1.82) is 0 Å². The summed E-state index contributed by atoms with van der Waals surface area (Å²) in [6.07, 6.45) is 1.13. The van der Waals surface area contributed by atoms with Gasteiger partial charge in [0.15, 0.2) is 0 Å². The number of nitrogens with zero attached hydrogens (tertiary/aromatic N) is 1. The van der Waals surface area contributed by atoms with E-state index in [1.54, 1.807) is 11.3 Å². The van der Waals surface area contributed by atoms with Gasteiger partial charge in [-0.1, -0.05) is 24.6 Å². The van der Waals surface area contributed by atoms with Crippen molar-refractivity contribution in [1.82, 2.24) is 10.3 Å². The number of thiazole rings is 1. The summed E-state index contributed by atoms with van der Waals surface area (Å²) < 4.78 is 5.73. The van der Waals surface area contributed by atoms with E-state index in [4.69, 9.17) is 4.74 Å². The average Bonchev–Trinajstić information content (AvgIpc) is 2.92. The summed E-state index contributed by atoms with van der Waals surface area (Å²) in [5.41, 5.74) is 2.34. The van der Waals surface area contributed by atoms with Crippen LogP contribution in [0, 0.1) is 6.92 Å². The minimum Gasteiger partial charge on any atom is -0.486 e. The smallest absolute Gasteiger partial charge is 0.140 e. The number of nitrogens with one attached hydrogen (secondary N) is 1. The zero-order chi connectivity index (χ0) is 14.4. The maximum Gasteiger partial charge on any atom is 0.140 e. The Hall–Kier alpha value is -1.39. The van der Waals surface area contributed by atoms with Crippen molar-refractivity contribution in [2.75, 3.05) is 0 Å². The predicted molar refractivity (Wildman–Crippen MR) is 84.2 cm³/mol. The van der Waals surface area contributed by atoms with Crippen LogP contribution in [-0.4, -0.2) is 11.0 Å². The molecule has 1 aromatic heterocycles. The lowest BCUT2D eigenvalue weighted by Gasteiger charge is -2.09. The number of aryl methyl sites for hydroxylation is 1. The minimum atomic E-state index is 0.531. The number of hydrogen-bond donors (Lipinski definition) is 1. The van der Waals surface area contributed by atoms with Crippen LogP contribution >= 0.6 is 11.3 Å². The molecule has 0 spiro atoms. The standard InChI is InChI=1S/C16H22N2OS/c1-4-13(3)17-9-14-11-20-16(18-14)10-19-15-7-5-12(2)6-8-15/h5-8,11,13,17H,4,9-10H2,1-3H3. The van der Waals surface area contributed by atoms with Crippen molar-refractivity contribution >= 4 is 11.3 Å². The Balaban J connectivity index is 1.82. The number of benzene rings is 1. The summed E-state index contributed by atoms with van der Waals surface area (Å²) >= 11 is 1.66. The third-order valence-electron chi connectivity index (χ3n) is 3.23. The monoisotopic (exact) mass is 290 g/mol. The van der Waals surface area contributed by atoms with E-state index in [1.165, 1.54) is 5.56 Å². The zero-order valence-corrected chi connectivity index (χ0v) is 13.2. The fourth-order valence-electron chi connectivity index (χ4n) is 1.70. The van der Waals surface area contributed by atoms with E-state index in [9.17, 15) is 0 Å². The Labute approximate surface area is 125 Å². The summed E-state index contributed by atoms with van der Waals surface area (Å²) in [4.78, 5) is 4.58. The van der Waals surface area contributed by atoms with Crippen molar-refractivity contribution in [2.24, 2.45) is 0 Å². The lowest BCUT2D eigenvalue weighted by molar-refractivity contribution is 0.305. The van der Waals surface area contributed by atoms with Crippen molar-refractivity contribution in [3.63, 3.8) is 0 Å². The third kappa shape index (κ3) is 4.62. The molecule has 4 heteroatoms. The Morgan fingerprint density at radius 3 is 2.75 bits per heavy atom. The van der Waals surface area contributed by atoms with Gasteiger partial charge in [-0.15, -0.1) is 11.3 Å². The normalized spacial score (nSPS) is 12.3. The summed E-state index contributed by atoms with van der Waals surface area (Å²) in [6.45, 7) is 7.81. The topological polar surface area (TPSA) is 34.1 Å². The molecule has 3 nitrogen and oxygen atoms in total. The van der Waals surface area contributed by atoms with Gasteiger partial charge in [0.25, 0.3) is 0 Å². The molecule has 1 heterocycles. The molecule has 0 aliphatic carbocycles. The largest absolute Gasteiger partial charge is 0.486 e. The highest BCUT2D eigenvalue weighted by Gasteiger charge is 2.04. The molecule has 20 heavy (non-hydrogen) atoms. The highest BCUT2D eigenvalue weighted by molar-refractivity contribution is 7.09. The van der Waals surface area contributed by atoms with Crippen LogP contribution in [0.4, 0.5) is 0 Å². The predicted octanol–water partition coefficient (Wildman–Crippen LogP) is 3.92. The van der Waals surface area contributed by atoms with E-state index in [1.807, 2.05) is 12.1 Å². The van der Waals surface area contributed by atoms with E-state index in [2.05, 4.69) is 48.6 Å². The molecule has 0 radical (unpaired) electrons. The van der Waals surface area contributed by atoms with Gasteiger partial charge in [0.2, 0.25) is 0 Å². The van der Waals surface area contributed by atoms with Crippen LogP contribution < -0.4 is 10.1 Å². The number of ether oxygens (including phenoxy) is 1. The zero-order valence-electron chi connectivity index (χ0n) is 12.3. The van der Waals surface area contributed by atoms with Crippen LogP contribution in [0.25, 0.3) is 0 Å². The van der Waals surface area contributed by atoms with Crippen LogP contribution in [-0.2, 0) is 13.2 Å². The lowest BCUT2D eigenvalue weighted by Crippen LogP contribution is -2.24. The molecule has 0 saturated heterocycles. The van der Waals surface area contributed by atoms with Crippen molar-refractivity contribution in [3.05, 3.63) is 45.9 Å². The summed E-state index contributed by atoms with van der Waals surface area (Å²) in [6, 6.07) is 8.63. The van der Waals surface area contributed by atoms with Gasteiger partial charge in [0, 0.05) is 18.0 Å². The summed E-state index contributed by atoms with van der Waals surface area (Å²) in [7, 11) is 0. The number of hydrogen-bond acceptors (Lipinski definition) is 4. The molecule has 0 bridgehead atoms. The maximum atomic E-state index is 5.73. The molecular weight excluding hydrogens is 268 g/mol. The Morgan fingerprint density at radius 2 is 2.05 bits per heavy atom. The van der Waals surface area contributed by atoms with Crippen molar-refractivity contribution in [2.45, 2.75) is 46.4 Å². The minimum absolute atomic E-state index is 0.531. The second-order valence-electron chi connectivity index (χ2n) is 5.02. The van der Waals surface area contributed by atoms with Crippen LogP contribution in [0.1, 0.15) is 36.5 Å². The van der Waals surface area contributed by atoms with Gasteiger partial charge < -0.3 is 10.1 Å². The molecule has 0 fully saturated rings. The quantitative estimate of drug-likeness (QED) is 0.839. The molecule has 2 rings (SSSR count). The first-order valence-electron chi connectivity index (χ1n) is 7.03. The molecule has 0 saturated carbocycles. The number of aromatic nitrogens is 1. The van der Waals surface area contributed by atoms with Gasteiger partial charge >= 0.3 is 0 Å². The summed E-state index contributed by atoms with van der Waals surface area (Å²) in [5.74, 6) is 0.894. The van der Waals surface area contributed by atoms with E-state index < -0.39 is 0 Å². The summed E-state index contributed by atoms with van der Waals surface area (Å²) in [5, 5.41) is 6.57. The molecule has 2 aromatic rings. The van der Waals surface area contributed by atoms with Crippen LogP contribution in [0.15, 0.2) is 29.6 Å². The number of rotatable bonds is 7. The fraction of sp³-hybridized carbons (Fsp3) is 0.438. The van der Waals surface area contributed by atoms with Gasteiger partial charge in [0.05, 0.1) is 5.69 Å². The van der Waals surface area contributed by atoms with E-state index in [-0.39, 0.29) is 0 Å². The first-order chi connectivity index (χ1) is 9.67. The van der Waals surface area contributed by atoms with E-state index >= 15 is 0 Å². The van der Waals surface area contributed by atoms with Gasteiger partial charge in [-0.05, 0) is 32.4 Å². The molecule has 1 atom stereocenters. The molecular formula is C16H22N2OS. The maximum absolute atomic E-state index is 5.73. The molecule has 0 aliphatic rings. The molecule has 0 aliphatic heterocycles. The van der Waals surface area contributed by atoms with E-state index in [0.717, 1.165) is 29.4 Å². The SMILES string of the molecule is CCC(C)NCc1csc(COc2ccc(C)cc2)n1. The van der Waals surface area contributed by atoms with Crippen LogP contribution in [0.2, 0.25) is 0 Å². The highest BCUT2D eigenvalue weighted by Crippen LogP contribution is 2.16. The Morgan fingerprint density at radius 1 is 1.30 bits per heavy atom. The molecule has 108 valence electrons. The molecule has 1 N–H and O–H groups in total. The Kier molecular flexibility index (Phi) is 5.56. The van der Waals surface area contributed by atoms with Crippen LogP contribution in [0.3, 0.4) is 0 Å². The lowest BCUT2D eigenvalue weighted by atomic mass is 10.2. The first kappa shape index (κ1) is 15.0. The van der Waals surface area contributed by atoms with Gasteiger partial charge in [-0.2, -0.15) is 0 Å². The van der Waals surface area contributed by atoms with Gasteiger partial charge in [-0.25, -0.2) is 4.98 Å². The average molecular weight is 290 g/mol. The van der Waals surface area contributed by atoms with E-state index in [0.29, 0.717) is 12.6 Å². The third-order valence-corrected chi connectivity index (χ3v) is 4.10. The fourth-order valence-corrected chi connectivity index (χ4v) is 2.40. The molecule has 1 aromatic carbocycles.